The minimum absolute atomic E-state index is 0.378. The molecular formula is C14H20N6O. The summed E-state index contributed by atoms with van der Waals surface area (Å²) >= 11 is 0. The second-order valence-corrected chi connectivity index (χ2v) is 5.31. The van der Waals surface area contributed by atoms with Gasteiger partial charge in [-0.15, -0.1) is 5.10 Å². The first-order valence-electron chi connectivity index (χ1n) is 7.22. The second-order valence-electron chi connectivity index (χ2n) is 5.31. The summed E-state index contributed by atoms with van der Waals surface area (Å²) in [6.07, 6.45) is 2.62. The molecule has 3 rings (SSSR count). The quantitative estimate of drug-likeness (QED) is 0.849. The zero-order chi connectivity index (χ0) is 14.5. The van der Waals surface area contributed by atoms with Gasteiger partial charge >= 0.3 is 0 Å². The van der Waals surface area contributed by atoms with Gasteiger partial charge in [0.15, 0.2) is 0 Å². The van der Waals surface area contributed by atoms with E-state index in [0.29, 0.717) is 12.1 Å². The molecule has 1 fully saturated rings. The van der Waals surface area contributed by atoms with Gasteiger partial charge in [0.1, 0.15) is 6.33 Å². The Balaban J connectivity index is 1.54. The Labute approximate surface area is 123 Å². The number of hydrogen-bond acceptors (Lipinski definition) is 6. The van der Waals surface area contributed by atoms with Crippen molar-refractivity contribution in [1.82, 2.24) is 25.5 Å². The minimum atomic E-state index is 0.378. The van der Waals surface area contributed by atoms with Crippen LogP contribution in [0.25, 0.3) is 5.69 Å². The van der Waals surface area contributed by atoms with Crippen molar-refractivity contribution in [3.63, 3.8) is 0 Å². The summed E-state index contributed by atoms with van der Waals surface area (Å²) in [5.74, 6) is 0. The fourth-order valence-electron chi connectivity index (χ4n) is 2.53. The number of rotatable bonds is 5. The summed E-state index contributed by atoms with van der Waals surface area (Å²) in [7, 11) is 0. The van der Waals surface area contributed by atoms with Crippen LogP contribution in [0.5, 0.6) is 0 Å². The van der Waals surface area contributed by atoms with E-state index in [1.54, 1.807) is 11.0 Å². The fourth-order valence-corrected chi connectivity index (χ4v) is 2.53. The molecule has 2 heterocycles. The third-order valence-electron chi connectivity index (χ3n) is 3.53. The van der Waals surface area contributed by atoms with Gasteiger partial charge in [-0.2, -0.15) is 0 Å². The molecule has 2 unspecified atom stereocenters. The highest BCUT2D eigenvalue weighted by molar-refractivity contribution is 5.48. The minimum Gasteiger partial charge on any atom is -0.383 e. The third-order valence-corrected chi connectivity index (χ3v) is 3.53. The van der Waals surface area contributed by atoms with E-state index < -0.39 is 0 Å². The summed E-state index contributed by atoms with van der Waals surface area (Å²) < 4.78 is 7.11. The lowest BCUT2D eigenvalue weighted by Crippen LogP contribution is -2.43. The number of tetrazole rings is 1. The molecule has 21 heavy (non-hydrogen) atoms. The molecule has 0 bridgehead atoms. The van der Waals surface area contributed by atoms with E-state index in [4.69, 9.17) is 4.74 Å². The number of benzene rings is 1. The lowest BCUT2D eigenvalue weighted by molar-refractivity contribution is 0.0731. The Hall–Kier alpha value is -1.99. The first-order chi connectivity index (χ1) is 10.3. The van der Waals surface area contributed by atoms with Gasteiger partial charge in [0.05, 0.1) is 18.9 Å². The van der Waals surface area contributed by atoms with Gasteiger partial charge in [-0.25, -0.2) is 4.68 Å². The monoisotopic (exact) mass is 288 g/mol. The van der Waals surface area contributed by atoms with Gasteiger partial charge < -0.3 is 15.4 Å². The van der Waals surface area contributed by atoms with Gasteiger partial charge in [-0.3, -0.25) is 0 Å². The molecule has 0 aliphatic carbocycles. The van der Waals surface area contributed by atoms with Crippen LogP contribution in [0.1, 0.15) is 13.3 Å². The van der Waals surface area contributed by atoms with Crippen molar-refractivity contribution in [2.75, 3.05) is 25.1 Å². The highest BCUT2D eigenvalue weighted by atomic mass is 16.5. The van der Waals surface area contributed by atoms with Crippen molar-refractivity contribution in [1.29, 1.82) is 0 Å². The first kappa shape index (κ1) is 14.0. The molecule has 0 amide bonds. The molecule has 0 radical (unpaired) electrons. The molecule has 1 aromatic carbocycles. The van der Waals surface area contributed by atoms with Gasteiger partial charge in [0, 0.05) is 24.3 Å². The second kappa shape index (κ2) is 6.64. The van der Waals surface area contributed by atoms with Crippen LogP contribution >= 0.6 is 0 Å². The molecule has 7 nitrogen and oxygen atoms in total. The number of anilines is 1. The number of nitrogens with one attached hydrogen (secondary N) is 2. The molecule has 7 heteroatoms. The average Bonchev–Trinajstić information content (AvgIpc) is 3.03. The van der Waals surface area contributed by atoms with Crippen LogP contribution in [-0.4, -0.2) is 52.0 Å². The van der Waals surface area contributed by atoms with Gasteiger partial charge in [0.25, 0.3) is 0 Å². The Morgan fingerprint density at radius 1 is 1.43 bits per heavy atom. The topological polar surface area (TPSA) is 76.9 Å². The van der Waals surface area contributed by atoms with Crippen LogP contribution in [-0.2, 0) is 4.74 Å². The predicted octanol–water partition coefficient (Wildman–Crippen LogP) is 0.841. The van der Waals surface area contributed by atoms with Crippen LogP contribution in [0.3, 0.4) is 0 Å². The molecule has 1 saturated heterocycles. The van der Waals surface area contributed by atoms with E-state index >= 15 is 0 Å². The van der Waals surface area contributed by atoms with Crippen molar-refractivity contribution < 1.29 is 4.74 Å². The number of nitrogens with zero attached hydrogens (tertiary/aromatic N) is 4. The van der Waals surface area contributed by atoms with Crippen molar-refractivity contribution in [2.45, 2.75) is 25.4 Å². The van der Waals surface area contributed by atoms with Crippen LogP contribution in [0.15, 0.2) is 30.6 Å². The van der Waals surface area contributed by atoms with Crippen molar-refractivity contribution in [3.05, 3.63) is 30.6 Å². The predicted molar refractivity (Wildman–Crippen MR) is 79.5 cm³/mol. The Morgan fingerprint density at radius 2 is 2.29 bits per heavy atom. The Bertz CT molecular complexity index is 535. The van der Waals surface area contributed by atoms with Crippen LogP contribution in [0, 0.1) is 0 Å². The summed E-state index contributed by atoms with van der Waals surface area (Å²) in [5.41, 5.74) is 2.04. The average molecular weight is 288 g/mol. The van der Waals surface area contributed by atoms with Crippen molar-refractivity contribution >= 4 is 5.69 Å². The summed E-state index contributed by atoms with van der Waals surface area (Å²) in [4.78, 5) is 0. The van der Waals surface area contributed by atoms with Crippen LogP contribution in [0.2, 0.25) is 0 Å². The first-order valence-corrected chi connectivity index (χ1v) is 7.22. The van der Waals surface area contributed by atoms with Crippen molar-refractivity contribution in [3.8, 4) is 5.69 Å². The van der Waals surface area contributed by atoms with Gasteiger partial charge in [-0.1, -0.05) is 0 Å². The molecule has 0 spiro atoms. The molecular weight excluding hydrogens is 268 g/mol. The van der Waals surface area contributed by atoms with E-state index in [1.807, 2.05) is 24.3 Å². The lowest BCUT2D eigenvalue weighted by Gasteiger charge is -2.27. The number of aromatic nitrogens is 4. The van der Waals surface area contributed by atoms with Crippen molar-refractivity contribution in [2.24, 2.45) is 0 Å². The van der Waals surface area contributed by atoms with E-state index in [-0.39, 0.29) is 0 Å². The fraction of sp³-hybridized carbons (Fsp3) is 0.500. The van der Waals surface area contributed by atoms with Crippen LogP contribution < -0.4 is 10.6 Å². The maximum Gasteiger partial charge on any atom is 0.143 e. The van der Waals surface area contributed by atoms with Gasteiger partial charge in [-0.05, 0) is 48.0 Å². The van der Waals surface area contributed by atoms with E-state index in [2.05, 4.69) is 33.1 Å². The smallest absolute Gasteiger partial charge is 0.143 e. The maximum atomic E-state index is 5.48. The summed E-state index contributed by atoms with van der Waals surface area (Å²) in [5, 5.41) is 18.1. The number of morpholine rings is 1. The Morgan fingerprint density at radius 3 is 2.95 bits per heavy atom. The normalized spacial score (nSPS) is 20.1. The van der Waals surface area contributed by atoms with E-state index in [9.17, 15) is 0 Å². The SMILES string of the molecule is CC(CC1COCCN1)Nc1ccc(-n2cnnn2)cc1. The number of ether oxygens (including phenoxy) is 1. The molecule has 1 aliphatic rings. The third kappa shape index (κ3) is 3.77. The number of hydrogen-bond donors (Lipinski definition) is 2. The molecule has 2 atom stereocenters. The van der Waals surface area contributed by atoms with Crippen LogP contribution in [0.4, 0.5) is 5.69 Å². The summed E-state index contributed by atoms with van der Waals surface area (Å²) in [6, 6.07) is 8.88. The lowest BCUT2D eigenvalue weighted by atomic mass is 10.1. The Kier molecular flexibility index (Phi) is 4.42. The highest BCUT2D eigenvalue weighted by Crippen LogP contribution is 2.14. The zero-order valence-electron chi connectivity index (χ0n) is 12.1. The summed E-state index contributed by atoms with van der Waals surface area (Å²) in [6.45, 7) is 4.74. The molecule has 0 saturated carbocycles. The standard InChI is InChI=1S/C14H20N6O/c1-11(8-13-9-21-7-6-15-13)17-12-2-4-14(5-3-12)20-10-16-18-19-20/h2-5,10-11,13,15,17H,6-9H2,1H3. The molecule has 1 aromatic heterocycles. The molecule has 1 aliphatic heterocycles. The zero-order valence-corrected chi connectivity index (χ0v) is 12.1. The molecule has 2 aromatic rings. The highest BCUT2D eigenvalue weighted by Gasteiger charge is 2.16. The van der Waals surface area contributed by atoms with Gasteiger partial charge in [0.2, 0.25) is 0 Å². The largest absolute Gasteiger partial charge is 0.383 e. The molecule has 112 valence electrons. The maximum absolute atomic E-state index is 5.48. The van der Waals surface area contributed by atoms with E-state index in [1.165, 1.54) is 0 Å². The molecule has 2 N–H and O–H groups in total. The van der Waals surface area contributed by atoms with E-state index in [0.717, 1.165) is 37.6 Å².